The molecule has 0 unspecified atom stereocenters. The molecule has 0 spiro atoms. The average Bonchev–Trinajstić information content (AvgIpc) is 3.46. The van der Waals surface area contributed by atoms with Crippen LogP contribution in [0.2, 0.25) is 0 Å². The van der Waals surface area contributed by atoms with Crippen molar-refractivity contribution in [3.8, 4) is 12.1 Å². The number of nitrogens with zero attached hydrogens (tertiary/aromatic N) is 4. The van der Waals surface area contributed by atoms with Crippen LogP contribution >= 0.6 is 0 Å². The zero-order valence-corrected chi connectivity index (χ0v) is 14.6. The van der Waals surface area contributed by atoms with Crippen molar-refractivity contribution in [3.05, 3.63) is 70.3 Å². The first-order valence-electron chi connectivity index (χ1n) is 8.64. The standard InChI is InChI=1S/C22H12N6/c23-11-17-19-5-3-15(26-19)9-13-1-2-14(25-13)10-16-4-6-20(27-16)18(12-24)22-8-7-21(17)28-22/h1-10,25-26H. The summed E-state index contributed by atoms with van der Waals surface area (Å²) in [6.07, 6.45) is 7.16. The molecular formula is C22H12N6. The molecular weight excluding hydrogens is 348 g/mol. The van der Waals surface area contributed by atoms with Crippen LogP contribution in [0.15, 0.2) is 36.4 Å². The van der Waals surface area contributed by atoms with Crippen LogP contribution in [0.5, 0.6) is 0 Å². The molecule has 0 aliphatic carbocycles. The van der Waals surface area contributed by atoms with E-state index in [-0.39, 0.29) is 0 Å². The first kappa shape index (κ1) is 15.8. The molecule has 0 amide bonds. The van der Waals surface area contributed by atoms with Gasteiger partial charge in [0.05, 0.1) is 28.3 Å². The predicted molar refractivity (Wildman–Crippen MR) is 108 cm³/mol. The van der Waals surface area contributed by atoms with Gasteiger partial charge in [-0.15, -0.1) is 0 Å². The smallest absolute Gasteiger partial charge is 0.104 e. The summed E-state index contributed by atoms with van der Waals surface area (Å²) < 4.78 is 0. The monoisotopic (exact) mass is 360 g/mol. The molecule has 3 aromatic rings. The van der Waals surface area contributed by atoms with Gasteiger partial charge in [-0.3, -0.25) is 0 Å². The second kappa shape index (κ2) is 6.08. The quantitative estimate of drug-likeness (QED) is 0.427. The van der Waals surface area contributed by atoms with Gasteiger partial charge < -0.3 is 9.97 Å². The third kappa shape index (κ3) is 2.57. The molecule has 5 heterocycles. The van der Waals surface area contributed by atoms with Gasteiger partial charge in [-0.2, -0.15) is 10.5 Å². The lowest BCUT2D eigenvalue weighted by molar-refractivity contribution is 1.24. The molecule has 5 rings (SSSR count). The Balaban J connectivity index is 1.95. The van der Waals surface area contributed by atoms with Crippen molar-refractivity contribution in [2.75, 3.05) is 0 Å². The minimum Gasteiger partial charge on any atom is -0.355 e. The molecule has 0 radical (unpaired) electrons. The first-order chi connectivity index (χ1) is 13.7. The molecule has 130 valence electrons. The van der Waals surface area contributed by atoms with Crippen molar-refractivity contribution in [2.24, 2.45) is 0 Å². The average molecular weight is 360 g/mol. The highest BCUT2D eigenvalue weighted by molar-refractivity contribution is 5.83. The number of hydrogen-bond donors (Lipinski definition) is 2. The minimum absolute atomic E-state index is 0.378. The molecule has 28 heavy (non-hydrogen) atoms. The predicted octanol–water partition coefficient (Wildman–Crippen LogP) is 4.40. The van der Waals surface area contributed by atoms with Crippen LogP contribution in [0, 0.1) is 22.7 Å². The molecule has 3 aromatic heterocycles. The Bertz CT molecular complexity index is 1430. The van der Waals surface area contributed by atoms with Gasteiger partial charge in [0.1, 0.15) is 23.3 Å². The van der Waals surface area contributed by atoms with E-state index in [1.165, 1.54) is 0 Å². The zero-order valence-electron chi connectivity index (χ0n) is 14.6. The summed E-state index contributed by atoms with van der Waals surface area (Å²) in [6, 6.07) is 16.0. The van der Waals surface area contributed by atoms with Crippen molar-refractivity contribution in [2.45, 2.75) is 0 Å². The number of fused-ring (bicyclic) bond motifs is 8. The first-order valence-corrected chi connectivity index (χ1v) is 8.64. The summed E-state index contributed by atoms with van der Waals surface area (Å²) in [5.74, 6) is 0. The number of nitriles is 2. The fourth-order valence-electron chi connectivity index (χ4n) is 3.31. The second-order valence-electron chi connectivity index (χ2n) is 6.43. The highest BCUT2D eigenvalue weighted by Gasteiger charge is 2.13. The number of aromatic amines is 2. The summed E-state index contributed by atoms with van der Waals surface area (Å²) in [7, 11) is 0. The topological polar surface area (TPSA) is 105 Å². The molecule has 0 aromatic carbocycles. The maximum atomic E-state index is 9.68. The molecule has 6 heteroatoms. The van der Waals surface area contributed by atoms with Crippen molar-refractivity contribution < 1.29 is 0 Å². The van der Waals surface area contributed by atoms with E-state index in [1.54, 1.807) is 18.2 Å². The number of rotatable bonds is 0. The molecule has 0 saturated heterocycles. The van der Waals surface area contributed by atoms with E-state index < -0.39 is 0 Å². The van der Waals surface area contributed by atoms with Crippen molar-refractivity contribution in [1.82, 2.24) is 19.9 Å². The molecule has 2 N–H and O–H groups in total. The van der Waals surface area contributed by atoms with Crippen LogP contribution in [-0.2, 0) is 0 Å². The highest BCUT2D eigenvalue weighted by Crippen LogP contribution is 2.23. The maximum Gasteiger partial charge on any atom is 0.104 e. The lowest BCUT2D eigenvalue weighted by atomic mass is 10.2. The van der Waals surface area contributed by atoms with E-state index in [2.05, 4.69) is 32.1 Å². The number of aromatic nitrogens is 4. The van der Waals surface area contributed by atoms with E-state index >= 15 is 0 Å². The number of hydrogen-bond acceptors (Lipinski definition) is 4. The Kier molecular flexibility index (Phi) is 3.43. The minimum atomic E-state index is 0.378. The number of nitrogens with one attached hydrogen (secondary N) is 2. The van der Waals surface area contributed by atoms with E-state index in [1.807, 2.05) is 42.5 Å². The molecule has 8 bridgehead atoms. The summed E-state index contributed by atoms with van der Waals surface area (Å²) in [6.45, 7) is 0. The summed E-state index contributed by atoms with van der Waals surface area (Å²) >= 11 is 0. The maximum absolute atomic E-state index is 9.68. The van der Waals surface area contributed by atoms with Crippen molar-refractivity contribution in [1.29, 1.82) is 10.5 Å². The van der Waals surface area contributed by atoms with Gasteiger partial charge in [0.15, 0.2) is 0 Å². The van der Waals surface area contributed by atoms with Crippen molar-refractivity contribution >= 4 is 46.4 Å². The largest absolute Gasteiger partial charge is 0.355 e. The van der Waals surface area contributed by atoms with Gasteiger partial charge in [-0.05, 0) is 60.7 Å². The van der Waals surface area contributed by atoms with E-state index in [0.29, 0.717) is 33.7 Å². The van der Waals surface area contributed by atoms with E-state index in [4.69, 9.17) is 0 Å². The molecule has 2 aliphatic heterocycles. The Morgan fingerprint density at radius 3 is 2.04 bits per heavy atom. The van der Waals surface area contributed by atoms with Gasteiger partial charge in [0, 0.05) is 16.6 Å². The Morgan fingerprint density at radius 2 is 1.25 bits per heavy atom. The third-order valence-corrected chi connectivity index (χ3v) is 4.62. The molecule has 0 atom stereocenters. The van der Waals surface area contributed by atoms with Crippen LogP contribution in [0.4, 0.5) is 0 Å². The zero-order chi connectivity index (χ0) is 19.1. The van der Waals surface area contributed by atoms with Crippen LogP contribution in [-0.4, -0.2) is 19.9 Å². The third-order valence-electron chi connectivity index (χ3n) is 4.62. The highest BCUT2D eigenvalue weighted by atomic mass is 14.8. The fraction of sp³-hybridized carbons (Fsp3) is 0. The lowest BCUT2D eigenvalue weighted by Gasteiger charge is -1.93. The van der Waals surface area contributed by atoms with Gasteiger partial charge in [-0.25, -0.2) is 9.97 Å². The van der Waals surface area contributed by atoms with Gasteiger partial charge in [0.25, 0.3) is 0 Å². The van der Waals surface area contributed by atoms with Crippen LogP contribution in [0.1, 0.15) is 33.9 Å². The Labute approximate surface area is 159 Å². The Morgan fingerprint density at radius 1 is 0.643 bits per heavy atom. The van der Waals surface area contributed by atoms with Crippen LogP contribution in [0.25, 0.3) is 46.4 Å². The molecule has 0 saturated carbocycles. The lowest BCUT2D eigenvalue weighted by Crippen LogP contribution is -1.89. The summed E-state index contributed by atoms with van der Waals surface area (Å²) in [5, 5.41) is 19.3. The molecule has 0 fully saturated rings. The summed E-state index contributed by atoms with van der Waals surface area (Å²) in [4.78, 5) is 15.6. The SMILES string of the molecule is N#Cc1c2nc(cc3ccc(cc4ccc([nH]4)c(C#N)c4nc1C=C4)[nH]3)C=C2. The van der Waals surface area contributed by atoms with Crippen LogP contribution in [0.3, 0.4) is 0 Å². The Hall–Kier alpha value is -4.42. The fourth-order valence-corrected chi connectivity index (χ4v) is 3.31. The summed E-state index contributed by atoms with van der Waals surface area (Å²) in [5.41, 5.74) is 6.51. The van der Waals surface area contributed by atoms with Gasteiger partial charge in [-0.1, -0.05) is 0 Å². The van der Waals surface area contributed by atoms with E-state index in [0.717, 1.165) is 22.2 Å². The van der Waals surface area contributed by atoms with Gasteiger partial charge >= 0.3 is 0 Å². The second-order valence-corrected chi connectivity index (χ2v) is 6.43. The normalized spacial score (nSPS) is 11.9. The molecule has 6 nitrogen and oxygen atoms in total. The van der Waals surface area contributed by atoms with Crippen LogP contribution < -0.4 is 0 Å². The molecule has 2 aliphatic rings. The van der Waals surface area contributed by atoms with Crippen molar-refractivity contribution in [3.63, 3.8) is 0 Å². The van der Waals surface area contributed by atoms with E-state index in [9.17, 15) is 10.5 Å². The number of H-pyrrole nitrogens is 2. The van der Waals surface area contributed by atoms with Gasteiger partial charge in [0.2, 0.25) is 0 Å².